The molecule has 2 heterocycles. The summed E-state index contributed by atoms with van der Waals surface area (Å²) >= 11 is 1.72. The highest BCUT2D eigenvalue weighted by molar-refractivity contribution is 7.99. The van der Waals surface area contributed by atoms with E-state index in [0.29, 0.717) is 5.25 Å². The predicted octanol–water partition coefficient (Wildman–Crippen LogP) is 3.70. The highest BCUT2D eigenvalue weighted by atomic mass is 32.2. The first-order chi connectivity index (χ1) is 9.60. The van der Waals surface area contributed by atoms with Gasteiger partial charge in [-0.1, -0.05) is 25.6 Å². The maximum absolute atomic E-state index is 5.35. The van der Waals surface area contributed by atoms with E-state index < -0.39 is 0 Å². The van der Waals surface area contributed by atoms with Crippen LogP contribution in [0, 0.1) is 6.92 Å². The van der Waals surface area contributed by atoms with Gasteiger partial charge in [-0.2, -0.15) is 0 Å². The zero-order chi connectivity index (χ0) is 14.3. The molecule has 0 N–H and O–H groups in total. The SMILES string of the molecule is COc1ccc2c(C)cc3nnc(SC(C)C)n3c2c1. The Bertz CT molecular complexity index is 779. The maximum Gasteiger partial charge on any atom is 0.196 e. The van der Waals surface area contributed by atoms with Gasteiger partial charge < -0.3 is 4.74 Å². The van der Waals surface area contributed by atoms with Gasteiger partial charge in [-0.15, -0.1) is 10.2 Å². The van der Waals surface area contributed by atoms with Crippen LogP contribution in [0.2, 0.25) is 0 Å². The van der Waals surface area contributed by atoms with Crippen molar-refractivity contribution < 1.29 is 4.74 Å². The van der Waals surface area contributed by atoms with Crippen LogP contribution in [0.25, 0.3) is 16.6 Å². The molecule has 0 spiro atoms. The van der Waals surface area contributed by atoms with Crippen molar-refractivity contribution >= 4 is 28.3 Å². The Morgan fingerprint density at radius 3 is 2.70 bits per heavy atom. The summed E-state index contributed by atoms with van der Waals surface area (Å²) in [5.41, 5.74) is 3.17. The summed E-state index contributed by atoms with van der Waals surface area (Å²) in [5.74, 6) is 0.846. The number of aromatic nitrogens is 3. The predicted molar refractivity (Wildman–Crippen MR) is 82.8 cm³/mol. The van der Waals surface area contributed by atoms with Gasteiger partial charge in [-0.25, -0.2) is 0 Å². The van der Waals surface area contributed by atoms with Gasteiger partial charge in [0.15, 0.2) is 10.8 Å². The second-order valence-electron chi connectivity index (χ2n) is 5.05. The first-order valence-corrected chi connectivity index (χ1v) is 7.47. The Morgan fingerprint density at radius 2 is 2.00 bits per heavy atom. The third kappa shape index (κ3) is 2.12. The topological polar surface area (TPSA) is 39.4 Å². The van der Waals surface area contributed by atoms with Crippen LogP contribution in [0.3, 0.4) is 0 Å². The van der Waals surface area contributed by atoms with Gasteiger partial charge in [-0.05, 0) is 30.7 Å². The molecule has 1 aromatic carbocycles. The minimum Gasteiger partial charge on any atom is -0.497 e. The number of hydrogen-bond donors (Lipinski definition) is 0. The first-order valence-electron chi connectivity index (χ1n) is 6.59. The molecule has 0 amide bonds. The van der Waals surface area contributed by atoms with E-state index in [9.17, 15) is 0 Å². The van der Waals surface area contributed by atoms with Crippen LogP contribution in [0.4, 0.5) is 0 Å². The summed E-state index contributed by atoms with van der Waals surface area (Å²) in [6.45, 7) is 6.41. The lowest BCUT2D eigenvalue weighted by atomic mass is 10.1. The largest absolute Gasteiger partial charge is 0.497 e. The summed E-state index contributed by atoms with van der Waals surface area (Å²) in [4.78, 5) is 0. The highest BCUT2D eigenvalue weighted by Gasteiger charge is 2.13. The number of nitrogens with zero attached hydrogens (tertiary/aromatic N) is 3. The van der Waals surface area contributed by atoms with Gasteiger partial charge in [0.25, 0.3) is 0 Å². The molecule has 0 aliphatic rings. The van der Waals surface area contributed by atoms with Gasteiger partial charge in [0, 0.05) is 16.7 Å². The molecule has 0 aliphatic carbocycles. The summed E-state index contributed by atoms with van der Waals surface area (Å²) in [6.07, 6.45) is 0. The summed E-state index contributed by atoms with van der Waals surface area (Å²) < 4.78 is 7.45. The molecule has 0 saturated carbocycles. The highest BCUT2D eigenvalue weighted by Crippen LogP contribution is 2.29. The van der Waals surface area contributed by atoms with Gasteiger partial charge in [0.2, 0.25) is 0 Å². The molecule has 20 heavy (non-hydrogen) atoms. The van der Waals surface area contributed by atoms with Crippen molar-refractivity contribution in [1.82, 2.24) is 14.6 Å². The maximum atomic E-state index is 5.35. The van der Waals surface area contributed by atoms with E-state index >= 15 is 0 Å². The molecule has 0 unspecified atom stereocenters. The van der Waals surface area contributed by atoms with Gasteiger partial charge in [0.1, 0.15) is 5.75 Å². The Hall–Kier alpha value is -1.75. The third-order valence-electron chi connectivity index (χ3n) is 3.22. The smallest absolute Gasteiger partial charge is 0.196 e. The summed E-state index contributed by atoms with van der Waals surface area (Å²) in [7, 11) is 1.68. The molecule has 2 aromatic heterocycles. The van der Waals surface area contributed by atoms with E-state index in [1.807, 2.05) is 12.1 Å². The van der Waals surface area contributed by atoms with Gasteiger partial charge >= 0.3 is 0 Å². The number of pyridine rings is 1. The molecule has 4 nitrogen and oxygen atoms in total. The Kier molecular flexibility index (Phi) is 3.30. The molecule has 3 aromatic rings. The van der Waals surface area contributed by atoms with E-state index in [1.54, 1.807) is 18.9 Å². The van der Waals surface area contributed by atoms with Crippen LogP contribution in [0.1, 0.15) is 19.4 Å². The van der Waals surface area contributed by atoms with E-state index in [2.05, 4.69) is 47.5 Å². The summed E-state index contributed by atoms with van der Waals surface area (Å²) in [5, 5.41) is 11.2. The van der Waals surface area contributed by atoms with Crippen molar-refractivity contribution in [3.63, 3.8) is 0 Å². The Balaban J connectivity index is 2.37. The molecule has 0 radical (unpaired) electrons. The van der Waals surface area contributed by atoms with Crippen LogP contribution in [-0.2, 0) is 0 Å². The molecule has 0 saturated heterocycles. The molecule has 0 bridgehead atoms. The van der Waals surface area contributed by atoms with Crippen LogP contribution in [-0.4, -0.2) is 27.0 Å². The molecule has 0 fully saturated rings. The van der Waals surface area contributed by atoms with Crippen molar-refractivity contribution in [3.8, 4) is 5.75 Å². The van der Waals surface area contributed by atoms with Crippen molar-refractivity contribution in [1.29, 1.82) is 0 Å². The second-order valence-corrected chi connectivity index (χ2v) is 6.60. The number of aryl methyl sites for hydroxylation is 1. The van der Waals surface area contributed by atoms with Crippen LogP contribution < -0.4 is 4.74 Å². The minimum atomic E-state index is 0.462. The van der Waals surface area contributed by atoms with Crippen LogP contribution >= 0.6 is 11.8 Å². The normalized spacial score (nSPS) is 11.7. The Morgan fingerprint density at radius 1 is 1.20 bits per heavy atom. The second kappa shape index (κ2) is 4.98. The zero-order valence-corrected chi connectivity index (χ0v) is 12.9. The van der Waals surface area contributed by atoms with E-state index in [-0.39, 0.29) is 0 Å². The minimum absolute atomic E-state index is 0.462. The molecule has 5 heteroatoms. The third-order valence-corrected chi connectivity index (χ3v) is 4.16. The molecular weight excluding hydrogens is 270 g/mol. The number of rotatable bonds is 3. The fourth-order valence-electron chi connectivity index (χ4n) is 2.32. The molecule has 0 aliphatic heterocycles. The lowest BCUT2D eigenvalue weighted by molar-refractivity contribution is 0.415. The van der Waals surface area contributed by atoms with E-state index in [0.717, 1.165) is 22.1 Å². The number of benzene rings is 1. The number of fused-ring (bicyclic) bond motifs is 3. The van der Waals surface area contributed by atoms with E-state index in [4.69, 9.17) is 4.74 Å². The van der Waals surface area contributed by atoms with Crippen molar-refractivity contribution in [2.45, 2.75) is 31.2 Å². The number of thioether (sulfide) groups is 1. The molecular formula is C15H17N3OS. The average molecular weight is 287 g/mol. The standard InChI is InChI=1S/C15H17N3OS/c1-9(2)20-15-17-16-14-7-10(3)12-6-5-11(19-4)8-13(12)18(14)15/h5-9H,1-4H3. The lowest BCUT2D eigenvalue weighted by Gasteiger charge is -2.10. The fraction of sp³-hybridized carbons (Fsp3) is 0.333. The van der Waals surface area contributed by atoms with Crippen molar-refractivity contribution in [2.75, 3.05) is 7.11 Å². The van der Waals surface area contributed by atoms with E-state index in [1.165, 1.54) is 10.9 Å². The monoisotopic (exact) mass is 287 g/mol. The quantitative estimate of drug-likeness (QED) is 0.689. The molecule has 104 valence electrons. The van der Waals surface area contributed by atoms with Gasteiger partial charge in [0.05, 0.1) is 12.6 Å². The van der Waals surface area contributed by atoms with Gasteiger partial charge in [-0.3, -0.25) is 4.40 Å². The summed E-state index contributed by atoms with van der Waals surface area (Å²) in [6, 6.07) is 8.20. The molecule has 0 atom stereocenters. The van der Waals surface area contributed by atoms with Crippen LogP contribution in [0.5, 0.6) is 5.75 Å². The average Bonchev–Trinajstić information content (AvgIpc) is 2.80. The molecule has 3 rings (SSSR count). The lowest BCUT2D eigenvalue weighted by Crippen LogP contribution is -1.96. The zero-order valence-electron chi connectivity index (χ0n) is 12.0. The number of hydrogen-bond acceptors (Lipinski definition) is 4. The fourth-order valence-corrected chi connectivity index (χ4v) is 3.12. The number of ether oxygens (including phenoxy) is 1. The van der Waals surface area contributed by atoms with Crippen LogP contribution in [0.15, 0.2) is 29.4 Å². The van der Waals surface area contributed by atoms with Crippen molar-refractivity contribution in [3.05, 3.63) is 29.8 Å². The number of methoxy groups -OCH3 is 1. The first kappa shape index (κ1) is 13.2. The van der Waals surface area contributed by atoms with Crippen molar-refractivity contribution in [2.24, 2.45) is 0 Å². The Labute approximate surface area is 122 Å².